The smallest absolute Gasteiger partial charge is 0.234 e. The molecule has 0 unspecified atom stereocenters. The molecule has 1 saturated heterocycles. The summed E-state index contributed by atoms with van der Waals surface area (Å²) in [5.74, 6) is 0.607. The van der Waals surface area contributed by atoms with Crippen molar-refractivity contribution in [2.45, 2.75) is 44.9 Å². The van der Waals surface area contributed by atoms with Gasteiger partial charge in [0, 0.05) is 12.8 Å². The highest BCUT2D eigenvalue weighted by molar-refractivity contribution is 6.17. The number of carbonyl (C=O) groups excluding carboxylic acids is 2. The van der Waals surface area contributed by atoms with Crippen molar-refractivity contribution in [3.8, 4) is 5.75 Å². The molecule has 1 aliphatic heterocycles. The van der Waals surface area contributed by atoms with Crippen LogP contribution in [0, 0.1) is 5.41 Å². The highest BCUT2D eigenvalue weighted by atomic mass is 16.5. The van der Waals surface area contributed by atoms with Gasteiger partial charge in [0.25, 0.3) is 0 Å². The van der Waals surface area contributed by atoms with E-state index in [1.54, 1.807) is 31.4 Å². The van der Waals surface area contributed by atoms with Crippen molar-refractivity contribution < 1.29 is 14.3 Å². The van der Waals surface area contributed by atoms with Gasteiger partial charge in [-0.1, -0.05) is 19.3 Å². The molecule has 0 atom stereocenters. The van der Waals surface area contributed by atoms with E-state index in [2.05, 4.69) is 0 Å². The van der Waals surface area contributed by atoms with E-state index in [9.17, 15) is 9.59 Å². The number of ether oxygens (including phenoxy) is 1. The van der Waals surface area contributed by atoms with Gasteiger partial charge in [0.2, 0.25) is 11.8 Å². The second-order valence-electron chi connectivity index (χ2n) is 6.24. The average Bonchev–Trinajstić information content (AvgIpc) is 2.48. The number of rotatable bonds is 2. The molecular formula is C17H21NO3. The third-order valence-corrected chi connectivity index (χ3v) is 4.80. The SMILES string of the molecule is COc1ccc(N2C(=O)CC3(CCCCC3)CC2=O)cc1. The van der Waals surface area contributed by atoms with Crippen LogP contribution in [0.5, 0.6) is 5.75 Å². The third kappa shape index (κ3) is 2.67. The van der Waals surface area contributed by atoms with Crippen LogP contribution >= 0.6 is 0 Å². The molecule has 4 heteroatoms. The fourth-order valence-electron chi connectivity index (χ4n) is 3.68. The monoisotopic (exact) mass is 287 g/mol. The zero-order valence-corrected chi connectivity index (χ0v) is 12.4. The molecule has 0 radical (unpaired) electrons. The minimum Gasteiger partial charge on any atom is -0.497 e. The molecule has 2 amide bonds. The largest absolute Gasteiger partial charge is 0.497 e. The number of methoxy groups -OCH3 is 1. The lowest BCUT2D eigenvalue weighted by atomic mass is 9.67. The molecule has 0 N–H and O–H groups in total. The first-order valence-electron chi connectivity index (χ1n) is 7.63. The lowest BCUT2D eigenvalue weighted by Gasteiger charge is -2.42. The Balaban J connectivity index is 1.81. The van der Waals surface area contributed by atoms with Crippen molar-refractivity contribution in [1.82, 2.24) is 0 Å². The third-order valence-electron chi connectivity index (χ3n) is 4.80. The van der Waals surface area contributed by atoms with Crippen molar-refractivity contribution in [2.24, 2.45) is 5.41 Å². The van der Waals surface area contributed by atoms with Crippen LogP contribution in [-0.4, -0.2) is 18.9 Å². The Morgan fingerprint density at radius 1 is 0.952 bits per heavy atom. The van der Waals surface area contributed by atoms with E-state index in [-0.39, 0.29) is 17.2 Å². The van der Waals surface area contributed by atoms with E-state index >= 15 is 0 Å². The summed E-state index contributed by atoms with van der Waals surface area (Å²) in [6.07, 6.45) is 6.55. The Morgan fingerprint density at radius 3 is 2.05 bits per heavy atom. The van der Waals surface area contributed by atoms with Gasteiger partial charge in [-0.25, -0.2) is 0 Å². The Morgan fingerprint density at radius 2 is 1.52 bits per heavy atom. The molecule has 1 saturated carbocycles. The summed E-state index contributed by atoms with van der Waals surface area (Å²) in [6.45, 7) is 0. The Kier molecular flexibility index (Phi) is 3.70. The zero-order valence-electron chi connectivity index (χ0n) is 12.4. The summed E-state index contributed by atoms with van der Waals surface area (Å²) in [5.41, 5.74) is 0.589. The Bertz CT molecular complexity index is 524. The standard InChI is InChI=1S/C17H21NO3/c1-21-14-7-5-13(6-8-14)18-15(19)11-17(12-16(18)20)9-3-2-4-10-17/h5-8H,2-4,9-12H2,1H3. The van der Waals surface area contributed by atoms with Crippen molar-refractivity contribution in [1.29, 1.82) is 0 Å². The minimum atomic E-state index is -0.0601. The summed E-state index contributed by atoms with van der Waals surface area (Å²) < 4.78 is 5.11. The van der Waals surface area contributed by atoms with E-state index in [0.717, 1.165) is 31.4 Å². The van der Waals surface area contributed by atoms with Gasteiger partial charge in [-0.05, 0) is 42.5 Å². The van der Waals surface area contributed by atoms with Crippen LogP contribution in [0.15, 0.2) is 24.3 Å². The van der Waals surface area contributed by atoms with Crippen LogP contribution in [0.3, 0.4) is 0 Å². The highest BCUT2D eigenvalue weighted by Crippen LogP contribution is 2.46. The summed E-state index contributed by atoms with van der Waals surface area (Å²) >= 11 is 0. The Labute approximate surface area is 125 Å². The van der Waals surface area contributed by atoms with Crippen LogP contribution in [0.4, 0.5) is 5.69 Å². The number of benzene rings is 1. The van der Waals surface area contributed by atoms with Gasteiger partial charge in [-0.3, -0.25) is 14.5 Å². The molecule has 0 aromatic heterocycles. The number of piperidine rings is 1. The van der Waals surface area contributed by atoms with Gasteiger partial charge >= 0.3 is 0 Å². The molecule has 3 rings (SSSR count). The van der Waals surface area contributed by atoms with Crippen molar-refractivity contribution >= 4 is 17.5 Å². The fourth-order valence-corrected chi connectivity index (χ4v) is 3.68. The molecule has 0 bridgehead atoms. The number of hydrogen-bond acceptors (Lipinski definition) is 3. The first-order chi connectivity index (χ1) is 10.1. The highest BCUT2D eigenvalue weighted by Gasteiger charge is 2.44. The van der Waals surface area contributed by atoms with Crippen molar-refractivity contribution in [3.63, 3.8) is 0 Å². The molecule has 2 fully saturated rings. The van der Waals surface area contributed by atoms with Crippen molar-refractivity contribution in [2.75, 3.05) is 12.0 Å². The molecule has 1 aliphatic carbocycles. The van der Waals surface area contributed by atoms with Crippen molar-refractivity contribution in [3.05, 3.63) is 24.3 Å². The number of carbonyl (C=O) groups is 2. The molecule has 1 spiro atoms. The number of amides is 2. The summed E-state index contributed by atoms with van der Waals surface area (Å²) in [4.78, 5) is 26.4. The summed E-state index contributed by atoms with van der Waals surface area (Å²) in [5, 5.41) is 0. The average molecular weight is 287 g/mol. The molecule has 4 nitrogen and oxygen atoms in total. The van der Waals surface area contributed by atoms with Crippen LogP contribution in [0.2, 0.25) is 0 Å². The summed E-state index contributed by atoms with van der Waals surface area (Å²) in [6, 6.07) is 7.10. The van der Waals surface area contributed by atoms with E-state index in [1.807, 2.05) is 0 Å². The molecular weight excluding hydrogens is 266 g/mol. The van der Waals surface area contributed by atoms with Gasteiger partial charge in [-0.15, -0.1) is 0 Å². The molecule has 112 valence electrons. The van der Waals surface area contributed by atoms with Crippen LogP contribution < -0.4 is 9.64 Å². The van der Waals surface area contributed by atoms with Gasteiger partial charge in [-0.2, -0.15) is 0 Å². The lowest BCUT2D eigenvalue weighted by Crippen LogP contribution is -2.48. The molecule has 1 heterocycles. The first kappa shape index (κ1) is 14.1. The van der Waals surface area contributed by atoms with Gasteiger partial charge < -0.3 is 4.74 Å². The minimum absolute atomic E-state index is 0.0571. The van der Waals surface area contributed by atoms with E-state index in [0.29, 0.717) is 18.5 Å². The van der Waals surface area contributed by atoms with Gasteiger partial charge in [0.05, 0.1) is 12.8 Å². The maximum atomic E-state index is 12.5. The van der Waals surface area contributed by atoms with Gasteiger partial charge in [0.1, 0.15) is 5.75 Å². The normalized spacial score (nSPS) is 21.7. The first-order valence-corrected chi connectivity index (χ1v) is 7.63. The molecule has 21 heavy (non-hydrogen) atoms. The molecule has 1 aromatic rings. The predicted octanol–water partition coefficient (Wildman–Crippen LogP) is 3.30. The molecule has 1 aromatic carbocycles. The molecule has 2 aliphatic rings. The number of nitrogens with zero attached hydrogens (tertiary/aromatic N) is 1. The topological polar surface area (TPSA) is 46.6 Å². The number of hydrogen-bond donors (Lipinski definition) is 0. The zero-order chi connectivity index (χ0) is 14.9. The van der Waals surface area contributed by atoms with Crippen LogP contribution in [0.25, 0.3) is 0 Å². The van der Waals surface area contributed by atoms with Gasteiger partial charge in [0.15, 0.2) is 0 Å². The van der Waals surface area contributed by atoms with E-state index < -0.39 is 0 Å². The van der Waals surface area contributed by atoms with E-state index in [4.69, 9.17) is 4.74 Å². The second-order valence-corrected chi connectivity index (χ2v) is 6.24. The van der Waals surface area contributed by atoms with Crippen LogP contribution in [-0.2, 0) is 9.59 Å². The Hall–Kier alpha value is -1.84. The number of anilines is 1. The lowest BCUT2D eigenvalue weighted by molar-refractivity contribution is -0.134. The summed E-state index contributed by atoms with van der Waals surface area (Å²) in [7, 11) is 1.60. The maximum Gasteiger partial charge on any atom is 0.234 e. The van der Waals surface area contributed by atoms with E-state index in [1.165, 1.54) is 11.3 Å². The maximum absolute atomic E-state index is 12.5. The predicted molar refractivity (Wildman–Crippen MR) is 80.2 cm³/mol. The van der Waals surface area contributed by atoms with Crippen LogP contribution in [0.1, 0.15) is 44.9 Å². The number of imide groups is 1. The second kappa shape index (κ2) is 5.51. The quantitative estimate of drug-likeness (QED) is 0.784. The fraction of sp³-hybridized carbons (Fsp3) is 0.529.